The molecule has 0 spiro atoms. The van der Waals surface area contributed by atoms with E-state index in [9.17, 15) is 0 Å². The van der Waals surface area contributed by atoms with Gasteiger partial charge in [-0.3, -0.25) is 0 Å². The first-order chi connectivity index (χ1) is 32.1. The molecule has 0 radical (unpaired) electrons. The van der Waals surface area contributed by atoms with E-state index in [0.29, 0.717) is 11.8 Å². The first kappa shape index (κ1) is 40.0. The fraction of sp³-hybridized carbons (Fsp3) is 0.143. The Bertz CT molecular complexity index is 3560. The Kier molecular flexibility index (Phi) is 10.3. The van der Waals surface area contributed by atoms with Gasteiger partial charge in [-0.05, 0) is 171 Å². The van der Waals surface area contributed by atoms with Gasteiger partial charge < -0.3 is 0 Å². The third-order valence-electron chi connectivity index (χ3n) is 14.4. The van der Waals surface area contributed by atoms with Gasteiger partial charge in [-0.1, -0.05) is 159 Å². The molecule has 0 saturated carbocycles. The molecule has 0 N–H and O–H groups in total. The van der Waals surface area contributed by atoms with Gasteiger partial charge in [-0.15, -0.1) is 22.7 Å². The second-order valence-corrected chi connectivity index (χ2v) is 20.3. The van der Waals surface area contributed by atoms with Crippen LogP contribution in [0.2, 0.25) is 0 Å². The van der Waals surface area contributed by atoms with Crippen molar-refractivity contribution in [2.45, 2.75) is 57.8 Å². The average Bonchev–Trinajstić information content (AvgIpc) is 3.93. The Hall–Kier alpha value is -6.58. The molecule has 1 aliphatic carbocycles. The number of hydrogen-bond acceptors (Lipinski definition) is 2. The monoisotopic (exact) mass is 870 g/mol. The minimum Gasteiger partial charge on any atom is -0.135 e. The Labute approximate surface area is 390 Å². The molecule has 2 heteroatoms. The Morgan fingerprint density at radius 1 is 0.508 bits per heavy atom. The lowest BCUT2D eigenvalue weighted by Crippen LogP contribution is -2.13. The molecule has 0 bridgehead atoms. The van der Waals surface area contributed by atoms with Crippen LogP contribution in [0.1, 0.15) is 65.0 Å². The van der Waals surface area contributed by atoms with Crippen molar-refractivity contribution in [1.82, 2.24) is 0 Å². The van der Waals surface area contributed by atoms with E-state index in [4.69, 9.17) is 0 Å². The number of fused-ring (bicyclic) bond motifs is 9. The minimum atomic E-state index is 0.347. The molecule has 0 nitrogen and oxygen atoms in total. The molecule has 0 fully saturated rings. The lowest BCUT2D eigenvalue weighted by molar-refractivity contribution is 0.616. The van der Waals surface area contributed by atoms with E-state index in [2.05, 4.69) is 208 Å². The molecular weight excluding hydrogens is 821 g/mol. The van der Waals surface area contributed by atoms with Crippen molar-refractivity contribution < 1.29 is 0 Å². The van der Waals surface area contributed by atoms with E-state index in [1.807, 2.05) is 22.7 Å². The van der Waals surface area contributed by atoms with E-state index in [1.165, 1.54) is 118 Å². The predicted molar refractivity (Wildman–Crippen MR) is 283 cm³/mol. The van der Waals surface area contributed by atoms with Crippen LogP contribution in [0, 0.1) is 6.92 Å². The summed E-state index contributed by atoms with van der Waals surface area (Å²) in [6.07, 6.45) is 5.34. The molecule has 0 saturated heterocycles. The number of aryl methyl sites for hydroxylation is 2. The lowest BCUT2D eigenvalue weighted by atomic mass is 9.74. The van der Waals surface area contributed by atoms with Gasteiger partial charge >= 0.3 is 0 Å². The minimum absolute atomic E-state index is 0.347. The van der Waals surface area contributed by atoms with E-state index in [-0.39, 0.29) is 0 Å². The molecule has 12 rings (SSSR count). The maximum Gasteiger partial charge on any atom is 0.0434 e. The summed E-state index contributed by atoms with van der Waals surface area (Å²) in [4.78, 5) is 0. The fourth-order valence-corrected chi connectivity index (χ4v) is 13.3. The first-order valence-corrected chi connectivity index (χ1v) is 25.0. The fourth-order valence-electron chi connectivity index (χ4n) is 11.0. The summed E-state index contributed by atoms with van der Waals surface area (Å²) in [6, 6.07) is 73.7. The standard InChI is InChI=1S/C63H50S2/c1-3-42(48-38-56(63-58(39-48)53-23-12-14-27-60(53)65-63)46-32-33-61-57(37-46)52-22-11-13-26-59(52)64-61)34-43-18-7-8-21-50(43)55-36-45(30-28-40(55)2)51-25-15-19-47-35-44(31-29-41-16-5-4-6-17-41)49-20-9-10-24-54(49)62(47)51/h4-28,30,32-33,36-39,42,44H,3,29,31,34-35H2,1-2H3. The van der Waals surface area contributed by atoms with Gasteiger partial charge in [0, 0.05) is 40.3 Å². The molecule has 1 aliphatic rings. The zero-order valence-corrected chi connectivity index (χ0v) is 38.6. The molecule has 0 amide bonds. The van der Waals surface area contributed by atoms with Gasteiger partial charge in [0.15, 0.2) is 0 Å². The molecule has 314 valence electrons. The van der Waals surface area contributed by atoms with E-state index in [0.717, 1.165) is 32.1 Å². The van der Waals surface area contributed by atoms with Crippen molar-refractivity contribution in [1.29, 1.82) is 0 Å². The van der Waals surface area contributed by atoms with Crippen LogP contribution in [0.15, 0.2) is 194 Å². The van der Waals surface area contributed by atoms with Crippen LogP contribution in [-0.4, -0.2) is 0 Å². The highest BCUT2D eigenvalue weighted by atomic mass is 32.1. The van der Waals surface area contributed by atoms with Crippen molar-refractivity contribution in [3.8, 4) is 44.5 Å². The third kappa shape index (κ3) is 7.21. The van der Waals surface area contributed by atoms with Crippen LogP contribution in [0.4, 0.5) is 0 Å². The Morgan fingerprint density at radius 2 is 1.18 bits per heavy atom. The normalized spacial score (nSPS) is 14.0. The highest BCUT2D eigenvalue weighted by molar-refractivity contribution is 7.26. The Balaban J connectivity index is 0.918. The summed E-state index contributed by atoms with van der Waals surface area (Å²) in [6.45, 7) is 4.66. The number of hydrogen-bond donors (Lipinski definition) is 0. The summed E-state index contributed by atoms with van der Waals surface area (Å²) in [5, 5.41) is 5.43. The number of benzene rings is 9. The topological polar surface area (TPSA) is 0 Å². The molecule has 65 heavy (non-hydrogen) atoms. The highest BCUT2D eigenvalue weighted by Gasteiger charge is 2.27. The summed E-state index contributed by atoms with van der Waals surface area (Å²) in [7, 11) is 0. The van der Waals surface area contributed by atoms with Gasteiger partial charge in [0.2, 0.25) is 0 Å². The summed E-state index contributed by atoms with van der Waals surface area (Å²) < 4.78 is 5.43. The first-order valence-electron chi connectivity index (χ1n) is 23.4. The maximum absolute atomic E-state index is 2.54. The Morgan fingerprint density at radius 3 is 2.03 bits per heavy atom. The molecule has 11 aromatic rings. The quantitative estimate of drug-likeness (QED) is 0.128. The van der Waals surface area contributed by atoms with Gasteiger partial charge in [0.25, 0.3) is 0 Å². The number of rotatable bonds is 10. The second kappa shape index (κ2) is 16.8. The molecule has 9 aromatic carbocycles. The second-order valence-electron chi connectivity index (χ2n) is 18.2. The highest BCUT2D eigenvalue weighted by Crippen LogP contribution is 2.48. The zero-order valence-electron chi connectivity index (χ0n) is 37.0. The van der Waals surface area contributed by atoms with E-state index >= 15 is 0 Å². The van der Waals surface area contributed by atoms with Crippen molar-refractivity contribution in [2.75, 3.05) is 0 Å². The van der Waals surface area contributed by atoms with Crippen LogP contribution < -0.4 is 0 Å². The van der Waals surface area contributed by atoms with Crippen LogP contribution in [0.25, 0.3) is 84.9 Å². The smallest absolute Gasteiger partial charge is 0.0434 e. The van der Waals surface area contributed by atoms with Gasteiger partial charge in [-0.2, -0.15) is 0 Å². The predicted octanol–water partition coefficient (Wildman–Crippen LogP) is 18.4. The summed E-state index contributed by atoms with van der Waals surface area (Å²) in [5.41, 5.74) is 19.3. The van der Waals surface area contributed by atoms with Crippen molar-refractivity contribution in [3.05, 3.63) is 228 Å². The summed E-state index contributed by atoms with van der Waals surface area (Å²) >= 11 is 3.83. The van der Waals surface area contributed by atoms with Crippen LogP contribution in [-0.2, 0) is 19.3 Å². The largest absolute Gasteiger partial charge is 0.135 e. The van der Waals surface area contributed by atoms with Gasteiger partial charge in [0.1, 0.15) is 0 Å². The average molecular weight is 871 g/mol. The molecule has 0 aliphatic heterocycles. The van der Waals surface area contributed by atoms with Gasteiger partial charge in [0.05, 0.1) is 0 Å². The molecule has 2 aromatic heterocycles. The molecule has 2 heterocycles. The third-order valence-corrected chi connectivity index (χ3v) is 16.8. The van der Waals surface area contributed by atoms with Crippen molar-refractivity contribution >= 4 is 63.0 Å². The number of thiophene rings is 2. The summed E-state index contributed by atoms with van der Waals surface area (Å²) in [5.74, 6) is 0.848. The van der Waals surface area contributed by atoms with Crippen LogP contribution >= 0.6 is 22.7 Å². The van der Waals surface area contributed by atoms with E-state index < -0.39 is 0 Å². The molecular formula is C63H50S2. The van der Waals surface area contributed by atoms with Crippen molar-refractivity contribution in [2.24, 2.45) is 0 Å². The van der Waals surface area contributed by atoms with Crippen LogP contribution in [0.3, 0.4) is 0 Å². The maximum atomic E-state index is 2.54. The zero-order chi connectivity index (χ0) is 43.4. The van der Waals surface area contributed by atoms with Crippen molar-refractivity contribution in [3.63, 3.8) is 0 Å². The molecule has 2 atom stereocenters. The van der Waals surface area contributed by atoms with Crippen LogP contribution in [0.5, 0.6) is 0 Å². The lowest BCUT2D eigenvalue weighted by Gasteiger charge is -2.30. The molecule has 2 unspecified atom stereocenters. The van der Waals surface area contributed by atoms with Gasteiger partial charge in [-0.25, -0.2) is 0 Å². The van der Waals surface area contributed by atoms with E-state index in [1.54, 1.807) is 0 Å². The SMILES string of the molecule is CCC(Cc1ccccc1-c1cc(-c2cccc3c2-c2ccccc2C(CCc2ccccc2)C3)ccc1C)c1cc(-c2ccc3sc4ccccc4c3c2)c2sc3ccccc3c2c1.